The fourth-order valence-electron chi connectivity index (χ4n) is 8.27. The first kappa shape index (κ1) is 31.4. The molecule has 0 saturated carbocycles. The Kier molecular flexibility index (Phi) is 7.34. The summed E-state index contributed by atoms with van der Waals surface area (Å²) >= 11 is 1.83. The molecule has 0 unspecified atom stereocenters. The fraction of sp³-hybridized carbons (Fsp3) is 0.0612. The molecule has 1 aliphatic heterocycles. The van der Waals surface area contributed by atoms with E-state index < -0.39 is 0 Å². The van der Waals surface area contributed by atoms with Gasteiger partial charge in [-0.3, -0.25) is 0 Å². The third-order valence-corrected chi connectivity index (χ3v) is 11.9. The van der Waals surface area contributed by atoms with Gasteiger partial charge in [0.25, 0.3) is 0 Å². The Bertz CT molecular complexity index is 2670. The molecule has 0 saturated heterocycles. The van der Waals surface area contributed by atoms with Crippen molar-refractivity contribution >= 4 is 65.9 Å². The second-order valence-corrected chi connectivity index (χ2v) is 15.2. The first-order chi connectivity index (χ1) is 26.1. The summed E-state index contributed by atoms with van der Waals surface area (Å²) in [7, 11) is 0. The molecule has 3 heterocycles. The number of anilines is 6. The molecule has 0 radical (unpaired) electrons. The summed E-state index contributed by atoms with van der Waals surface area (Å²) in [5.41, 5.74) is 13.2. The van der Waals surface area contributed by atoms with E-state index in [0.717, 1.165) is 27.8 Å². The highest BCUT2D eigenvalue weighted by atomic mass is 32.1. The minimum atomic E-state index is -0.215. The van der Waals surface area contributed by atoms with Gasteiger partial charge < -0.3 is 14.4 Å². The molecule has 2 aromatic heterocycles. The molecule has 1 aliphatic rings. The molecule has 4 heteroatoms. The van der Waals surface area contributed by atoms with Gasteiger partial charge >= 0.3 is 0 Å². The van der Waals surface area contributed by atoms with E-state index in [-0.39, 0.29) is 5.41 Å². The lowest BCUT2D eigenvalue weighted by molar-refractivity contribution is 0.630. The first-order valence-electron chi connectivity index (χ1n) is 18.2. The van der Waals surface area contributed by atoms with Crippen LogP contribution < -0.4 is 9.80 Å². The van der Waals surface area contributed by atoms with Crippen molar-refractivity contribution in [2.24, 2.45) is 0 Å². The van der Waals surface area contributed by atoms with Crippen molar-refractivity contribution in [3.05, 3.63) is 199 Å². The number of hydrogen-bond donors (Lipinski definition) is 0. The predicted octanol–water partition coefficient (Wildman–Crippen LogP) is 14.1. The first-order valence-corrected chi connectivity index (χ1v) is 19.0. The zero-order valence-electron chi connectivity index (χ0n) is 29.6. The highest BCUT2D eigenvalue weighted by Gasteiger charge is 2.36. The topological polar surface area (TPSA) is 11.4 Å². The van der Waals surface area contributed by atoms with Gasteiger partial charge in [-0.15, -0.1) is 0 Å². The van der Waals surface area contributed by atoms with Crippen molar-refractivity contribution in [2.75, 3.05) is 9.80 Å². The zero-order valence-corrected chi connectivity index (χ0v) is 30.5. The van der Waals surface area contributed by atoms with Crippen LogP contribution in [-0.2, 0) is 5.41 Å². The quantitative estimate of drug-likeness (QED) is 0.164. The molecule has 0 atom stereocenters. The van der Waals surface area contributed by atoms with Gasteiger partial charge in [-0.1, -0.05) is 134 Å². The number of benzene rings is 7. The number of fused-ring (bicyclic) bond motifs is 5. The summed E-state index contributed by atoms with van der Waals surface area (Å²) in [6, 6.07) is 68.2. The number of aromatic nitrogens is 1. The standard InChI is InChI=1S/C49H37N3S/c1-49(2)42-28-16-18-30-45(42)52-44-29-17-15-27-39(44)41-31-34(32-43(49)47(41)52)40-33-46(50(35-19-7-3-8-20-35)36-21-9-4-10-22-36)53-48(40)51(37-23-11-5-12-24-37)38-25-13-6-14-26-38/h3-33H,1-2H3. The third kappa shape index (κ3) is 5.02. The average Bonchev–Trinajstić information content (AvgIpc) is 3.79. The van der Waals surface area contributed by atoms with Crippen LogP contribution in [0.1, 0.15) is 25.0 Å². The fourth-order valence-corrected chi connectivity index (χ4v) is 9.53. The molecule has 0 fully saturated rings. The SMILES string of the molecule is CC1(C)c2ccccc2-n2c3ccccc3c3cc(-c4cc(N(c5ccccc5)c5ccccc5)sc4N(c4ccccc4)c4ccccc4)cc1c32. The Hall–Kier alpha value is -6.36. The normalized spacial score (nSPS) is 12.9. The van der Waals surface area contributed by atoms with Gasteiger partial charge in [-0.25, -0.2) is 0 Å². The second kappa shape index (κ2) is 12.4. The summed E-state index contributed by atoms with van der Waals surface area (Å²) in [5.74, 6) is 0. The Balaban J connectivity index is 1.30. The minimum Gasteiger partial charge on any atom is -0.309 e. The molecule has 3 nitrogen and oxygen atoms in total. The third-order valence-electron chi connectivity index (χ3n) is 10.8. The van der Waals surface area contributed by atoms with Gasteiger partial charge in [0.1, 0.15) is 10.0 Å². The maximum absolute atomic E-state index is 2.50. The molecule has 0 bridgehead atoms. The van der Waals surface area contributed by atoms with E-state index in [2.05, 4.69) is 216 Å². The lowest BCUT2D eigenvalue weighted by atomic mass is 9.74. The minimum absolute atomic E-state index is 0.215. The van der Waals surface area contributed by atoms with Gasteiger partial charge in [0, 0.05) is 44.5 Å². The smallest absolute Gasteiger partial charge is 0.110 e. The van der Waals surface area contributed by atoms with E-state index in [1.54, 1.807) is 0 Å². The van der Waals surface area contributed by atoms with Crippen LogP contribution in [0.15, 0.2) is 188 Å². The van der Waals surface area contributed by atoms with Gasteiger partial charge in [-0.05, 0) is 95.6 Å². The molecule has 0 N–H and O–H groups in total. The molecule has 0 aliphatic carbocycles. The van der Waals surface area contributed by atoms with Gasteiger partial charge in [0.2, 0.25) is 0 Å². The summed E-state index contributed by atoms with van der Waals surface area (Å²) in [6.07, 6.45) is 0. The highest BCUT2D eigenvalue weighted by Crippen LogP contribution is 2.54. The van der Waals surface area contributed by atoms with Crippen molar-refractivity contribution in [1.29, 1.82) is 0 Å². The van der Waals surface area contributed by atoms with E-state index in [0.29, 0.717) is 0 Å². The van der Waals surface area contributed by atoms with Crippen LogP contribution in [0.4, 0.5) is 32.8 Å². The van der Waals surface area contributed by atoms with E-state index in [9.17, 15) is 0 Å². The number of nitrogens with zero attached hydrogens (tertiary/aromatic N) is 3. The molecule has 9 aromatic rings. The van der Waals surface area contributed by atoms with Crippen LogP contribution in [0.3, 0.4) is 0 Å². The van der Waals surface area contributed by atoms with Gasteiger partial charge in [-0.2, -0.15) is 0 Å². The van der Waals surface area contributed by atoms with Crippen LogP contribution in [0, 0.1) is 0 Å². The van der Waals surface area contributed by atoms with E-state index in [1.165, 1.54) is 54.7 Å². The van der Waals surface area contributed by atoms with Crippen LogP contribution in [0.25, 0.3) is 38.6 Å². The van der Waals surface area contributed by atoms with E-state index in [4.69, 9.17) is 0 Å². The van der Waals surface area contributed by atoms with Gasteiger partial charge in [0.15, 0.2) is 0 Å². The van der Waals surface area contributed by atoms with E-state index >= 15 is 0 Å². The monoisotopic (exact) mass is 699 g/mol. The van der Waals surface area contributed by atoms with Crippen molar-refractivity contribution in [3.63, 3.8) is 0 Å². The number of thiophene rings is 1. The molecular weight excluding hydrogens is 663 g/mol. The van der Waals surface area contributed by atoms with E-state index in [1.807, 2.05) is 11.3 Å². The Morgan fingerprint density at radius 3 is 1.58 bits per heavy atom. The summed E-state index contributed by atoms with van der Waals surface area (Å²) in [5, 5.41) is 4.86. The Morgan fingerprint density at radius 2 is 0.981 bits per heavy atom. The molecule has 254 valence electrons. The number of para-hydroxylation sites is 6. The van der Waals surface area contributed by atoms with Crippen LogP contribution >= 0.6 is 11.3 Å². The Labute approximate surface area is 314 Å². The number of rotatable bonds is 7. The lowest BCUT2D eigenvalue weighted by Gasteiger charge is -2.35. The molecule has 53 heavy (non-hydrogen) atoms. The average molecular weight is 700 g/mol. The maximum Gasteiger partial charge on any atom is 0.110 e. The van der Waals surface area contributed by atoms with Crippen LogP contribution in [-0.4, -0.2) is 4.57 Å². The van der Waals surface area contributed by atoms with Crippen LogP contribution in [0.5, 0.6) is 0 Å². The molecule has 10 rings (SSSR count). The zero-order chi connectivity index (χ0) is 35.5. The molecular formula is C49H37N3S. The number of hydrogen-bond acceptors (Lipinski definition) is 3. The predicted molar refractivity (Wildman–Crippen MR) is 226 cm³/mol. The van der Waals surface area contributed by atoms with Crippen molar-refractivity contribution in [2.45, 2.75) is 19.3 Å². The largest absolute Gasteiger partial charge is 0.309 e. The Morgan fingerprint density at radius 1 is 0.472 bits per heavy atom. The summed E-state index contributed by atoms with van der Waals surface area (Å²) < 4.78 is 2.50. The molecule has 7 aromatic carbocycles. The van der Waals surface area contributed by atoms with Crippen molar-refractivity contribution in [1.82, 2.24) is 4.57 Å². The summed E-state index contributed by atoms with van der Waals surface area (Å²) in [6.45, 7) is 4.77. The van der Waals surface area contributed by atoms with Gasteiger partial charge in [0.05, 0.1) is 16.7 Å². The summed E-state index contributed by atoms with van der Waals surface area (Å²) in [4.78, 5) is 4.82. The molecule has 0 amide bonds. The van der Waals surface area contributed by atoms with Crippen LogP contribution in [0.2, 0.25) is 0 Å². The van der Waals surface area contributed by atoms with Crippen molar-refractivity contribution in [3.8, 4) is 16.8 Å². The second-order valence-electron chi connectivity index (χ2n) is 14.2. The molecule has 0 spiro atoms. The lowest BCUT2D eigenvalue weighted by Crippen LogP contribution is -2.26. The highest BCUT2D eigenvalue weighted by molar-refractivity contribution is 7.21. The van der Waals surface area contributed by atoms with Crippen molar-refractivity contribution < 1.29 is 0 Å². The maximum atomic E-state index is 2.50.